The largest absolute Gasteiger partial charge is 0.479 e. The van der Waals surface area contributed by atoms with E-state index in [9.17, 15) is 13.2 Å². The molecule has 1 N–H and O–H groups in total. The van der Waals surface area contributed by atoms with Crippen LogP contribution in [-0.2, 0) is 14.6 Å². The van der Waals surface area contributed by atoms with Gasteiger partial charge in [0.05, 0.1) is 9.92 Å². The normalized spacial score (nSPS) is 12.7. The highest BCUT2D eigenvalue weighted by molar-refractivity contribution is 7.90. The van der Waals surface area contributed by atoms with Gasteiger partial charge in [0.15, 0.2) is 15.9 Å². The van der Waals surface area contributed by atoms with Crippen LogP contribution < -0.4 is 4.74 Å². The smallest absolute Gasteiger partial charge is 0.344 e. The molecule has 1 atom stereocenters. The SMILES string of the molecule is C[C@H](Oc1ccc(Cl)cc1-c1ccc(S(C)(=O)=O)c(Cl)c1)C(=O)O. The van der Waals surface area contributed by atoms with Crippen LogP contribution >= 0.6 is 23.2 Å². The van der Waals surface area contributed by atoms with E-state index >= 15 is 0 Å². The topological polar surface area (TPSA) is 80.7 Å². The van der Waals surface area contributed by atoms with E-state index in [0.717, 1.165) is 6.26 Å². The van der Waals surface area contributed by atoms with Crippen molar-refractivity contribution in [1.82, 2.24) is 0 Å². The highest BCUT2D eigenvalue weighted by atomic mass is 35.5. The second kappa shape index (κ2) is 7.01. The number of carboxylic acids is 1. The molecule has 0 spiro atoms. The van der Waals surface area contributed by atoms with Crippen LogP contribution in [0.5, 0.6) is 5.75 Å². The van der Waals surface area contributed by atoms with Crippen LogP contribution in [0.25, 0.3) is 11.1 Å². The summed E-state index contributed by atoms with van der Waals surface area (Å²) < 4.78 is 28.7. The van der Waals surface area contributed by atoms with E-state index in [2.05, 4.69) is 0 Å². The summed E-state index contributed by atoms with van der Waals surface area (Å²) in [6.45, 7) is 1.40. The predicted octanol–water partition coefficient (Wildman–Crippen LogP) is 3.92. The minimum Gasteiger partial charge on any atom is -0.479 e. The Balaban J connectivity index is 2.54. The van der Waals surface area contributed by atoms with Crippen LogP contribution in [0, 0.1) is 0 Å². The lowest BCUT2D eigenvalue weighted by Crippen LogP contribution is -2.23. The molecule has 2 aromatic carbocycles. The second-order valence-corrected chi connectivity index (χ2v) is 7.98. The first kappa shape index (κ1) is 18.6. The summed E-state index contributed by atoms with van der Waals surface area (Å²) in [6, 6.07) is 9.14. The molecule has 0 radical (unpaired) electrons. The lowest BCUT2D eigenvalue weighted by atomic mass is 10.0. The molecular weight excluding hydrogens is 375 g/mol. The molecule has 0 aromatic heterocycles. The molecule has 128 valence electrons. The molecule has 24 heavy (non-hydrogen) atoms. The van der Waals surface area contributed by atoms with Gasteiger partial charge in [-0.25, -0.2) is 13.2 Å². The van der Waals surface area contributed by atoms with E-state index in [4.69, 9.17) is 33.0 Å². The quantitative estimate of drug-likeness (QED) is 0.839. The standard InChI is InChI=1S/C16H14Cl2O5S/c1-9(16(19)20)23-14-5-4-11(17)8-12(14)10-3-6-15(13(18)7-10)24(2,21)22/h3-9H,1-2H3,(H,19,20)/t9-/m0/s1. The molecule has 0 aliphatic carbocycles. The van der Waals surface area contributed by atoms with Crippen LogP contribution in [0.1, 0.15) is 6.92 Å². The summed E-state index contributed by atoms with van der Waals surface area (Å²) in [5, 5.41) is 9.47. The first-order valence-electron chi connectivity index (χ1n) is 6.78. The van der Waals surface area contributed by atoms with E-state index in [-0.39, 0.29) is 9.92 Å². The fourth-order valence-electron chi connectivity index (χ4n) is 2.04. The number of ether oxygens (including phenoxy) is 1. The Morgan fingerprint density at radius 3 is 2.38 bits per heavy atom. The molecule has 0 saturated heterocycles. The molecule has 0 saturated carbocycles. The highest BCUT2D eigenvalue weighted by Crippen LogP contribution is 2.36. The van der Waals surface area contributed by atoms with Crippen molar-refractivity contribution < 1.29 is 23.1 Å². The maximum atomic E-state index is 11.6. The minimum atomic E-state index is -3.45. The first-order valence-corrected chi connectivity index (χ1v) is 9.43. The third kappa shape index (κ3) is 4.20. The van der Waals surface area contributed by atoms with Gasteiger partial charge in [-0.2, -0.15) is 0 Å². The van der Waals surface area contributed by atoms with Crippen LogP contribution in [0.3, 0.4) is 0 Å². The molecule has 2 aromatic rings. The highest BCUT2D eigenvalue weighted by Gasteiger charge is 2.18. The van der Waals surface area contributed by atoms with Crippen molar-refractivity contribution in [2.24, 2.45) is 0 Å². The maximum absolute atomic E-state index is 11.6. The molecule has 0 fully saturated rings. The van der Waals surface area contributed by atoms with Gasteiger partial charge in [0.25, 0.3) is 0 Å². The number of benzene rings is 2. The van der Waals surface area contributed by atoms with Gasteiger partial charge in [-0.1, -0.05) is 29.3 Å². The lowest BCUT2D eigenvalue weighted by Gasteiger charge is -2.15. The molecule has 0 unspecified atom stereocenters. The van der Waals surface area contributed by atoms with Gasteiger partial charge in [-0.3, -0.25) is 0 Å². The summed E-state index contributed by atoms with van der Waals surface area (Å²) in [5.41, 5.74) is 1.07. The van der Waals surface area contributed by atoms with Crippen molar-refractivity contribution in [1.29, 1.82) is 0 Å². The fraction of sp³-hybridized carbons (Fsp3) is 0.188. The van der Waals surface area contributed by atoms with Crippen molar-refractivity contribution in [3.8, 4) is 16.9 Å². The van der Waals surface area contributed by atoms with Crippen LogP contribution in [0.2, 0.25) is 10.0 Å². The third-order valence-electron chi connectivity index (χ3n) is 3.24. The monoisotopic (exact) mass is 388 g/mol. The minimum absolute atomic E-state index is 0.0105. The molecule has 0 amide bonds. The van der Waals surface area contributed by atoms with Gasteiger partial charge in [0.1, 0.15) is 5.75 Å². The molecular formula is C16H14Cl2O5S. The Kier molecular flexibility index (Phi) is 5.42. The van der Waals surface area contributed by atoms with Gasteiger partial charge >= 0.3 is 5.97 Å². The maximum Gasteiger partial charge on any atom is 0.344 e. The summed E-state index contributed by atoms with van der Waals surface area (Å²) in [7, 11) is -3.45. The van der Waals surface area contributed by atoms with Gasteiger partial charge in [0.2, 0.25) is 0 Å². The number of carbonyl (C=O) groups is 1. The van der Waals surface area contributed by atoms with Crippen molar-refractivity contribution in [3.63, 3.8) is 0 Å². The van der Waals surface area contributed by atoms with Gasteiger partial charge in [0, 0.05) is 16.8 Å². The Bertz CT molecular complexity index is 893. The van der Waals surface area contributed by atoms with E-state index < -0.39 is 21.9 Å². The predicted molar refractivity (Wildman–Crippen MR) is 92.7 cm³/mol. The Hall–Kier alpha value is -1.76. The molecule has 0 bridgehead atoms. The summed E-state index contributed by atoms with van der Waals surface area (Å²) in [5.74, 6) is -0.807. The number of hydrogen-bond donors (Lipinski definition) is 1. The number of sulfone groups is 1. The fourth-order valence-corrected chi connectivity index (χ4v) is 3.54. The zero-order valence-corrected chi connectivity index (χ0v) is 15.1. The van der Waals surface area contributed by atoms with Crippen LogP contribution in [0.15, 0.2) is 41.3 Å². The Labute approximate surface area is 149 Å². The Morgan fingerprint density at radius 2 is 1.83 bits per heavy atom. The van der Waals surface area contributed by atoms with Gasteiger partial charge < -0.3 is 9.84 Å². The summed E-state index contributed by atoms with van der Waals surface area (Å²) >= 11 is 12.1. The average Bonchev–Trinajstić information content (AvgIpc) is 2.47. The molecule has 8 heteroatoms. The summed E-state index contributed by atoms with van der Waals surface area (Å²) in [6.07, 6.45) is 0.00628. The van der Waals surface area contributed by atoms with E-state index in [0.29, 0.717) is 21.9 Å². The van der Waals surface area contributed by atoms with Crippen LogP contribution in [0.4, 0.5) is 0 Å². The van der Waals surface area contributed by atoms with Crippen molar-refractivity contribution in [2.45, 2.75) is 17.9 Å². The zero-order valence-electron chi connectivity index (χ0n) is 12.8. The molecule has 2 rings (SSSR count). The van der Waals surface area contributed by atoms with Crippen LogP contribution in [-0.4, -0.2) is 31.9 Å². The number of carboxylic acid groups (broad SMARTS) is 1. The van der Waals surface area contributed by atoms with E-state index in [1.54, 1.807) is 24.3 Å². The molecule has 0 aliphatic rings. The lowest BCUT2D eigenvalue weighted by molar-refractivity contribution is -0.144. The third-order valence-corrected chi connectivity index (χ3v) is 5.05. The average molecular weight is 389 g/mol. The summed E-state index contributed by atoms with van der Waals surface area (Å²) in [4.78, 5) is 11.0. The first-order chi connectivity index (χ1) is 11.1. The van der Waals surface area contributed by atoms with Crippen molar-refractivity contribution in [2.75, 3.05) is 6.26 Å². The van der Waals surface area contributed by atoms with Gasteiger partial charge in [-0.15, -0.1) is 0 Å². The zero-order chi connectivity index (χ0) is 18.1. The number of hydrogen-bond acceptors (Lipinski definition) is 4. The molecule has 5 nitrogen and oxygen atoms in total. The van der Waals surface area contributed by atoms with Crippen molar-refractivity contribution in [3.05, 3.63) is 46.4 Å². The van der Waals surface area contributed by atoms with E-state index in [1.165, 1.54) is 19.1 Å². The van der Waals surface area contributed by atoms with Gasteiger partial charge in [-0.05, 0) is 42.8 Å². The number of halogens is 2. The Morgan fingerprint density at radius 1 is 1.17 bits per heavy atom. The van der Waals surface area contributed by atoms with Crippen molar-refractivity contribution >= 4 is 39.0 Å². The molecule has 0 aliphatic heterocycles. The number of aliphatic carboxylic acids is 1. The molecule has 0 heterocycles. The van der Waals surface area contributed by atoms with E-state index in [1.807, 2.05) is 0 Å². The second-order valence-electron chi connectivity index (χ2n) is 5.16. The number of rotatable bonds is 5.